The summed E-state index contributed by atoms with van der Waals surface area (Å²) in [6.45, 7) is 0. The van der Waals surface area contributed by atoms with Crippen molar-refractivity contribution in [2.24, 2.45) is 17.6 Å². The molecule has 0 aliphatic heterocycles. The molecule has 0 spiro atoms. The SMILES string of the molecule is NC1CC(C(=O)C2CCCCC2)C1. The summed E-state index contributed by atoms with van der Waals surface area (Å²) < 4.78 is 0. The van der Waals surface area contributed by atoms with Crippen molar-refractivity contribution in [3.8, 4) is 0 Å². The minimum Gasteiger partial charge on any atom is -0.328 e. The Kier molecular flexibility index (Phi) is 2.68. The van der Waals surface area contributed by atoms with Crippen LogP contribution in [0.25, 0.3) is 0 Å². The van der Waals surface area contributed by atoms with E-state index in [1.54, 1.807) is 0 Å². The molecule has 2 heteroatoms. The van der Waals surface area contributed by atoms with Crippen molar-refractivity contribution in [1.29, 1.82) is 0 Å². The minimum absolute atomic E-state index is 0.317. The fourth-order valence-corrected chi connectivity index (χ4v) is 2.61. The molecule has 2 rings (SSSR count). The summed E-state index contributed by atoms with van der Waals surface area (Å²) in [4.78, 5) is 11.9. The number of carbonyl (C=O) groups is 1. The van der Waals surface area contributed by atoms with Gasteiger partial charge in [-0.3, -0.25) is 4.79 Å². The molecule has 0 aromatic carbocycles. The second-order valence-electron chi connectivity index (χ2n) is 4.67. The van der Waals surface area contributed by atoms with Crippen LogP contribution in [-0.4, -0.2) is 11.8 Å². The van der Waals surface area contributed by atoms with Gasteiger partial charge in [-0.2, -0.15) is 0 Å². The van der Waals surface area contributed by atoms with Crippen molar-refractivity contribution in [3.63, 3.8) is 0 Å². The Balaban J connectivity index is 1.82. The van der Waals surface area contributed by atoms with Gasteiger partial charge in [0.2, 0.25) is 0 Å². The zero-order chi connectivity index (χ0) is 9.26. The number of hydrogen-bond donors (Lipinski definition) is 1. The molecule has 0 bridgehead atoms. The standard InChI is InChI=1S/C11H19NO/c12-10-6-9(7-10)11(13)8-4-2-1-3-5-8/h8-10H,1-7,12H2. The lowest BCUT2D eigenvalue weighted by Crippen LogP contribution is -2.42. The molecule has 0 saturated heterocycles. The van der Waals surface area contributed by atoms with Gasteiger partial charge in [0.15, 0.2) is 0 Å². The third-order valence-corrected chi connectivity index (χ3v) is 3.58. The molecule has 0 aromatic rings. The molecule has 13 heavy (non-hydrogen) atoms. The summed E-state index contributed by atoms with van der Waals surface area (Å²) >= 11 is 0. The van der Waals surface area contributed by atoms with Crippen LogP contribution in [0, 0.1) is 11.8 Å². The van der Waals surface area contributed by atoms with Crippen molar-refractivity contribution >= 4 is 5.78 Å². The Morgan fingerprint density at radius 1 is 1.00 bits per heavy atom. The molecule has 2 fully saturated rings. The van der Waals surface area contributed by atoms with E-state index in [9.17, 15) is 4.79 Å². The van der Waals surface area contributed by atoms with Crippen LogP contribution in [0.2, 0.25) is 0 Å². The predicted molar refractivity (Wildman–Crippen MR) is 52.3 cm³/mol. The van der Waals surface area contributed by atoms with E-state index < -0.39 is 0 Å². The van der Waals surface area contributed by atoms with Gasteiger partial charge in [0.05, 0.1) is 0 Å². The smallest absolute Gasteiger partial charge is 0.139 e. The van der Waals surface area contributed by atoms with Gasteiger partial charge in [0.1, 0.15) is 5.78 Å². The molecular formula is C11H19NO. The van der Waals surface area contributed by atoms with Crippen LogP contribution in [0.3, 0.4) is 0 Å². The number of rotatable bonds is 2. The first-order chi connectivity index (χ1) is 6.27. The van der Waals surface area contributed by atoms with Gasteiger partial charge >= 0.3 is 0 Å². The van der Waals surface area contributed by atoms with Gasteiger partial charge in [-0.15, -0.1) is 0 Å². The van der Waals surface area contributed by atoms with Crippen molar-refractivity contribution in [3.05, 3.63) is 0 Å². The average Bonchev–Trinajstić information content (AvgIpc) is 2.13. The summed E-state index contributed by atoms with van der Waals surface area (Å²) in [5, 5.41) is 0. The molecule has 0 amide bonds. The van der Waals surface area contributed by atoms with E-state index >= 15 is 0 Å². The summed E-state index contributed by atoms with van der Waals surface area (Å²) in [7, 11) is 0. The van der Waals surface area contributed by atoms with Crippen LogP contribution in [0.4, 0.5) is 0 Å². The van der Waals surface area contributed by atoms with Gasteiger partial charge in [0, 0.05) is 17.9 Å². The van der Waals surface area contributed by atoms with Gasteiger partial charge in [-0.05, 0) is 25.7 Å². The molecule has 0 unspecified atom stereocenters. The van der Waals surface area contributed by atoms with Crippen LogP contribution in [-0.2, 0) is 4.79 Å². The molecule has 0 heterocycles. The highest BCUT2D eigenvalue weighted by molar-refractivity contribution is 5.84. The average molecular weight is 181 g/mol. The molecule has 0 radical (unpaired) electrons. The number of ketones is 1. The maximum atomic E-state index is 11.9. The third-order valence-electron chi connectivity index (χ3n) is 3.58. The molecule has 2 nitrogen and oxygen atoms in total. The van der Waals surface area contributed by atoms with Gasteiger partial charge < -0.3 is 5.73 Å². The maximum Gasteiger partial charge on any atom is 0.139 e. The largest absolute Gasteiger partial charge is 0.328 e. The first kappa shape index (κ1) is 9.20. The van der Waals surface area contributed by atoms with Crippen LogP contribution in [0.5, 0.6) is 0 Å². The molecule has 2 aliphatic rings. The second-order valence-corrected chi connectivity index (χ2v) is 4.67. The molecular weight excluding hydrogens is 162 g/mol. The third kappa shape index (κ3) is 1.93. The monoisotopic (exact) mass is 181 g/mol. The topological polar surface area (TPSA) is 43.1 Å². The number of nitrogens with two attached hydrogens (primary N) is 1. The Labute approximate surface area is 79.9 Å². The van der Waals surface area contributed by atoms with Crippen LogP contribution in [0.1, 0.15) is 44.9 Å². The lowest BCUT2D eigenvalue weighted by Gasteiger charge is -2.34. The summed E-state index contributed by atoms with van der Waals surface area (Å²) in [6.07, 6.45) is 8.04. The van der Waals surface area contributed by atoms with Crippen LogP contribution < -0.4 is 5.73 Å². The number of hydrogen-bond acceptors (Lipinski definition) is 2. The van der Waals surface area contributed by atoms with Crippen LogP contribution in [0.15, 0.2) is 0 Å². The molecule has 2 aliphatic carbocycles. The van der Waals surface area contributed by atoms with Gasteiger partial charge in [0.25, 0.3) is 0 Å². The fourth-order valence-electron chi connectivity index (χ4n) is 2.61. The van der Waals surface area contributed by atoms with Crippen molar-refractivity contribution in [1.82, 2.24) is 0 Å². The normalized spacial score (nSPS) is 35.5. The van der Waals surface area contributed by atoms with Crippen LogP contribution >= 0.6 is 0 Å². The van der Waals surface area contributed by atoms with Crippen molar-refractivity contribution in [2.75, 3.05) is 0 Å². The molecule has 0 aromatic heterocycles. The van der Waals surface area contributed by atoms with E-state index in [1.807, 2.05) is 0 Å². The van der Waals surface area contributed by atoms with Crippen molar-refractivity contribution in [2.45, 2.75) is 51.0 Å². The number of carbonyl (C=O) groups excluding carboxylic acids is 1. The Hall–Kier alpha value is -0.370. The highest BCUT2D eigenvalue weighted by Crippen LogP contribution is 2.34. The van der Waals surface area contributed by atoms with Gasteiger partial charge in [-0.25, -0.2) is 0 Å². The molecule has 0 atom stereocenters. The molecule has 74 valence electrons. The Bertz CT molecular complexity index is 190. The minimum atomic E-state index is 0.317. The van der Waals surface area contributed by atoms with E-state index in [-0.39, 0.29) is 0 Å². The zero-order valence-electron chi connectivity index (χ0n) is 8.17. The fraction of sp³-hybridized carbons (Fsp3) is 0.909. The highest BCUT2D eigenvalue weighted by atomic mass is 16.1. The van der Waals surface area contributed by atoms with Crippen molar-refractivity contribution < 1.29 is 4.79 Å². The van der Waals surface area contributed by atoms with Gasteiger partial charge in [-0.1, -0.05) is 19.3 Å². The lowest BCUT2D eigenvalue weighted by atomic mass is 9.71. The molecule has 2 N–H and O–H groups in total. The van der Waals surface area contributed by atoms with E-state index in [0.717, 1.165) is 25.7 Å². The van der Waals surface area contributed by atoms with E-state index in [1.165, 1.54) is 19.3 Å². The van der Waals surface area contributed by atoms with E-state index in [4.69, 9.17) is 5.73 Å². The van der Waals surface area contributed by atoms with E-state index in [2.05, 4.69) is 0 Å². The lowest BCUT2D eigenvalue weighted by molar-refractivity contribution is -0.130. The first-order valence-corrected chi connectivity index (χ1v) is 5.56. The summed E-state index contributed by atoms with van der Waals surface area (Å²) in [5.41, 5.74) is 5.68. The Morgan fingerprint density at radius 3 is 2.15 bits per heavy atom. The maximum absolute atomic E-state index is 11.9. The predicted octanol–water partition coefficient (Wildman–Crippen LogP) is 1.87. The van der Waals surface area contributed by atoms with E-state index in [0.29, 0.717) is 23.7 Å². The quantitative estimate of drug-likeness (QED) is 0.706. The summed E-state index contributed by atoms with van der Waals surface area (Å²) in [6, 6.07) is 0.317. The second kappa shape index (κ2) is 3.79. The number of Topliss-reactive ketones (excluding diaryl/α,β-unsaturated/α-hetero) is 1. The summed E-state index contributed by atoms with van der Waals surface area (Å²) in [5.74, 6) is 1.26. The Morgan fingerprint density at radius 2 is 1.62 bits per heavy atom. The zero-order valence-corrected chi connectivity index (χ0v) is 8.17. The first-order valence-electron chi connectivity index (χ1n) is 5.56. The molecule has 2 saturated carbocycles. The highest BCUT2D eigenvalue weighted by Gasteiger charge is 2.35.